The van der Waals surface area contributed by atoms with Crippen LogP contribution in [0, 0.1) is 5.82 Å². The summed E-state index contributed by atoms with van der Waals surface area (Å²) >= 11 is 0. The van der Waals surface area contributed by atoms with E-state index in [0.717, 1.165) is 18.7 Å². The van der Waals surface area contributed by atoms with E-state index in [9.17, 15) is 4.39 Å². The second-order valence-electron chi connectivity index (χ2n) is 7.00. The van der Waals surface area contributed by atoms with Crippen molar-refractivity contribution >= 4 is 17.5 Å². The number of likely N-dealkylation sites (tertiary alicyclic amines) is 1. The Balaban J connectivity index is 1.67. The zero-order chi connectivity index (χ0) is 20.6. The minimum atomic E-state index is -0.419. The van der Waals surface area contributed by atoms with E-state index in [0.29, 0.717) is 36.2 Å². The molecule has 2 heterocycles. The van der Waals surface area contributed by atoms with E-state index >= 15 is 0 Å². The molecule has 7 nitrogen and oxygen atoms in total. The van der Waals surface area contributed by atoms with Gasteiger partial charge in [-0.2, -0.15) is 4.98 Å². The fraction of sp³-hybridized carbons (Fsp3) is 0.524. The standard InChI is InChI=1S/C21H30FN5O2/c1-4-16-19(22)20(23-2)26-21(25-16)24-15-8-9-17(28-3)18(14-15)29-13-7-12-27-10-5-6-11-27/h8-9,14H,4-7,10-13H2,1-3H3,(H2,23,24,25,26). The van der Waals surface area contributed by atoms with Crippen LogP contribution in [0.25, 0.3) is 0 Å². The molecular weight excluding hydrogens is 373 g/mol. The Morgan fingerprint density at radius 2 is 1.97 bits per heavy atom. The van der Waals surface area contributed by atoms with Crippen LogP contribution in [0.15, 0.2) is 18.2 Å². The van der Waals surface area contributed by atoms with Gasteiger partial charge < -0.3 is 25.0 Å². The van der Waals surface area contributed by atoms with Crippen LogP contribution in [0.2, 0.25) is 0 Å². The Labute approximate surface area is 171 Å². The molecule has 0 saturated carbocycles. The van der Waals surface area contributed by atoms with Crippen LogP contribution in [0.3, 0.4) is 0 Å². The van der Waals surface area contributed by atoms with Crippen molar-refractivity contribution in [3.63, 3.8) is 0 Å². The minimum absolute atomic E-state index is 0.172. The number of anilines is 3. The van der Waals surface area contributed by atoms with Gasteiger partial charge in [0.15, 0.2) is 23.1 Å². The fourth-order valence-electron chi connectivity index (χ4n) is 3.42. The predicted molar refractivity (Wildman–Crippen MR) is 113 cm³/mol. The molecule has 8 heteroatoms. The number of rotatable bonds is 10. The lowest BCUT2D eigenvalue weighted by atomic mass is 10.2. The third kappa shape index (κ3) is 5.47. The molecule has 0 atom stereocenters. The summed E-state index contributed by atoms with van der Waals surface area (Å²) in [5.41, 5.74) is 1.11. The van der Waals surface area contributed by atoms with E-state index in [1.54, 1.807) is 14.2 Å². The van der Waals surface area contributed by atoms with Crippen LogP contribution in [-0.2, 0) is 6.42 Å². The molecule has 1 fully saturated rings. The molecule has 0 bridgehead atoms. The molecule has 1 saturated heterocycles. The molecule has 0 amide bonds. The summed E-state index contributed by atoms with van der Waals surface area (Å²) in [6.45, 7) is 5.91. The Hall–Kier alpha value is -2.61. The van der Waals surface area contributed by atoms with Gasteiger partial charge in [-0.3, -0.25) is 0 Å². The van der Waals surface area contributed by atoms with Gasteiger partial charge in [-0.15, -0.1) is 0 Å². The highest BCUT2D eigenvalue weighted by Crippen LogP contribution is 2.31. The quantitative estimate of drug-likeness (QED) is 0.584. The van der Waals surface area contributed by atoms with Gasteiger partial charge in [-0.25, -0.2) is 9.37 Å². The lowest BCUT2D eigenvalue weighted by molar-refractivity contribution is 0.254. The van der Waals surface area contributed by atoms with Crippen molar-refractivity contribution in [2.45, 2.75) is 32.6 Å². The Morgan fingerprint density at radius 1 is 1.17 bits per heavy atom. The van der Waals surface area contributed by atoms with E-state index < -0.39 is 5.82 Å². The maximum atomic E-state index is 14.2. The zero-order valence-corrected chi connectivity index (χ0v) is 17.4. The molecule has 1 aliphatic heterocycles. The smallest absolute Gasteiger partial charge is 0.229 e. The summed E-state index contributed by atoms with van der Waals surface area (Å²) in [7, 11) is 3.26. The second kappa shape index (κ2) is 10.2. The number of aromatic nitrogens is 2. The summed E-state index contributed by atoms with van der Waals surface area (Å²) in [6.07, 6.45) is 4.03. The average Bonchev–Trinajstić information content (AvgIpc) is 3.26. The van der Waals surface area contributed by atoms with Crippen LogP contribution in [-0.4, -0.2) is 55.3 Å². The fourth-order valence-corrected chi connectivity index (χ4v) is 3.42. The van der Waals surface area contributed by atoms with Crippen molar-refractivity contribution in [3.8, 4) is 11.5 Å². The molecular formula is C21H30FN5O2. The SMILES string of the molecule is CCc1nc(Nc2ccc(OC)c(OCCCN3CCCC3)c2)nc(NC)c1F. The van der Waals surface area contributed by atoms with Crippen molar-refractivity contribution < 1.29 is 13.9 Å². The second-order valence-corrected chi connectivity index (χ2v) is 7.00. The molecule has 158 valence electrons. The molecule has 1 aromatic carbocycles. The first-order chi connectivity index (χ1) is 14.1. The van der Waals surface area contributed by atoms with Gasteiger partial charge >= 0.3 is 0 Å². The molecule has 0 unspecified atom stereocenters. The first-order valence-electron chi connectivity index (χ1n) is 10.2. The van der Waals surface area contributed by atoms with Crippen LogP contribution in [0.1, 0.15) is 31.9 Å². The molecule has 1 aliphatic rings. The highest BCUT2D eigenvalue weighted by atomic mass is 19.1. The number of hydrogen-bond acceptors (Lipinski definition) is 7. The Bertz CT molecular complexity index is 787. The summed E-state index contributed by atoms with van der Waals surface area (Å²) in [6, 6.07) is 5.54. The summed E-state index contributed by atoms with van der Waals surface area (Å²) in [4.78, 5) is 10.9. The van der Waals surface area contributed by atoms with Crippen molar-refractivity contribution in [2.75, 3.05) is 51.0 Å². The summed E-state index contributed by atoms with van der Waals surface area (Å²) < 4.78 is 25.6. The Morgan fingerprint density at radius 3 is 2.66 bits per heavy atom. The lowest BCUT2D eigenvalue weighted by Crippen LogP contribution is -2.21. The maximum absolute atomic E-state index is 14.2. The van der Waals surface area contributed by atoms with Crippen LogP contribution in [0.5, 0.6) is 11.5 Å². The monoisotopic (exact) mass is 403 g/mol. The number of methoxy groups -OCH3 is 1. The van der Waals surface area contributed by atoms with Gasteiger partial charge in [0.1, 0.15) is 0 Å². The van der Waals surface area contributed by atoms with Crippen molar-refractivity contribution in [1.29, 1.82) is 0 Å². The number of aryl methyl sites for hydroxylation is 1. The number of halogens is 1. The normalized spacial score (nSPS) is 14.1. The van der Waals surface area contributed by atoms with Gasteiger partial charge in [-0.05, 0) is 50.9 Å². The third-order valence-electron chi connectivity index (χ3n) is 4.99. The third-order valence-corrected chi connectivity index (χ3v) is 4.99. The molecule has 2 N–H and O–H groups in total. The van der Waals surface area contributed by atoms with Crippen LogP contribution < -0.4 is 20.1 Å². The van der Waals surface area contributed by atoms with E-state index in [2.05, 4.69) is 25.5 Å². The maximum Gasteiger partial charge on any atom is 0.229 e. The van der Waals surface area contributed by atoms with Gasteiger partial charge in [-0.1, -0.05) is 6.92 Å². The molecule has 0 aliphatic carbocycles. The number of nitrogens with zero attached hydrogens (tertiary/aromatic N) is 3. The molecule has 0 radical (unpaired) electrons. The first-order valence-corrected chi connectivity index (χ1v) is 10.2. The van der Waals surface area contributed by atoms with Crippen LogP contribution >= 0.6 is 0 Å². The highest BCUT2D eigenvalue weighted by Gasteiger charge is 2.14. The minimum Gasteiger partial charge on any atom is -0.493 e. The van der Waals surface area contributed by atoms with Crippen LogP contribution in [0.4, 0.5) is 21.8 Å². The molecule has 29 heavy (non-hydrogen) atoms. The van der Waals surface area contributed by atoms with E-state index in [-0.39, 0.29) is 5.82 Å². The van der Waals surface area contributed by atoms with Crippen molar-refractivity contribution in [3.05, 3.63) is 29.7 Å². The number of hydrogen-bond donors (Lipinski definition) is 2. The predicted octanol–water partition coefficient (Wildman–Crippen LogP) is 3.84. The number of nitrogens with one attached hydrogen (secondary N) is 2. The average molecular weight is 404 g/mol. The summed E-state index contributed by atoms with van der Waals surface area (Å²) in [5.74, 6) is 1.41. The molecule has 3 rings (SSSR count). The van der Waals surface area contributed by atoms with E-state index in [1.165, 1.54) is 25.9 Å². The zero-order valence-electron chi connectivity index (χ0n) is 17.4. The van der Waals surface area contributed by atoms with Crippen molar-refractivity contribution in [2.24, 2.45) is 0 Å². The van der Waals surface area contributed by atoms with Gasteiger partial charge in [0.25, 0.3) is 0 Å². The summed E-state index contributed by atoms with van der Waals surface area (Å²) in [5, 5.41) is 5.90. The van der Waals surface area contributed by atoms with E-state index in [4.69, 9.17) is 9.47 Å². The lowest BCUT2D eigenvalue weighted by Gasteiger charge is -2.16. The van der Waals surface area contributed by atoms with Gasteiger partial charge in [0.2, 0.25) is 5.95 Å². The number of ether oxygens (including phenoxy) is 2. The molecule has 1 aromatic heterocycles. The molecule has 0 spiro atoms. The Kier molecular flexibility index (Phi) is 7.46. The highest BCUT2D eigenvalue weighted by molar-refractivity contribution is 5.61. The van der Waals surface area contributed by atoms with Crippen molar-refractivity contribution in [1.82, 2.24) is 14.9 Å². The first kappa shape index (κ1) is 21.1. The largest absolute Gasteiger partial charge is 0.493 e. The van der Waals surface area contributed by atoms with E-state index in [1.807, 2.05) is 25.1 Å². The topological polar surface area (TPSA) is 71.5 Å². The van der Waals surface area contributed by atoms with Gasteiger partial charge in [0.05, 0.1) is 19.4 Å². The number of benzene rings is 1. The van der Waals surface area contributed by atoms with Gasteiger partial charge in [0, 0.05) is 25.3 Å². The molecule has 2 aromatic rings.